The van der Waals surface area contributed by atoms with E-state index in [1.54, 1.807) is 0 Å². The fraction of sp³-hybridized carbons (Fsp3) is 0.400. The van der Waals surface area contributed by atoms with Gasteiger partial charge in [-0.2, -0.15) is 0 Å². The number of carbonyl (C=O) groups excluding carboxylic acids is 1. The van der Waals surface area contributed by atoms with Crippen molar-refractivity contribution in [3.63, 3.8) is 0 Å². The Balaban J connectivity index is 1.39. The molecule has 0 N–H and O–H groups in total. The molecule has 7 heteroatoms. The van der Waals surface area contributed by atoms with Crippen LogP contribution in [0, 0.1) is 34.6 Å². The number of amides is 1. The predicted octanol–water partition coefficient (Wildman–Crippen LogP) is 4.25. The molecule has 0 unspecified atom stereocenters. The number of piperazine rings is 1. The quantitative estimate of drug-likeness (QED) is 0.545. The van der Waals surface area contributed by atoms with Crippen LogP contribution < -0.4 is 4.90 Å². The first kappa shape index (κ1) is 22.4. The fourth-order valence-corrected chi connectivity index (χ4v) is 5.06. The maximum Gasteiger partial charge on any atom is 0.233 e. The summed E-state index contributed by atoms with van der Waals surface area (Å²) in [6, 6.07) is 12.8. The Morgan fingerprint density at radius 1 is 0.906 bits per heavy atom. The average molecular weight is 450 g/mol. The summed E-state index contributed by atoms with van der Waals surface area (Å²) < 4.78 is 2.05. The number of anilines is 1. The lowest BCUT2D eigenvalue weighted by Crippen LogP contribution is -2.49. The van der Waals surface area contributed by atoms with Crippen LogP contribution in [-0.2, 0) is 4.79 Å². The second-order valence-corrected chi connectivity index (χ2v) is 9.47. The van der Waals surface area contributed by atoms with Crippen LogP contribution >= 0.6 is 11.8 Å². The molecule has 2 aromatic carbocycles. The smallest absolute Gasteiger partial charge is 0.233 e. The molecule has 168 valence electrons. The molecule has 1 aliphatic heterocycles. The molecule has 0 radical (unpaired) electrons. The Kier molecular flexibility index (Phi) is 6.55. The van der Waals surface area contributed by atoms with Crippen molar-refractivity contribution in [1.29, 1.82) is 0 Å². The highest BCUT2D eigenvalue weighted by Crippen LogP contribution is 2.26. The van der Waals surface area contributed by atoms with E-state index in [0.29, 0.717) is 5.75 Å². The summed E-state index contributed by atoms with van der Waals surface area (Å²) in [5.74, 6) is 1.35. The first-order valence-electron chi connectivity index (χ1n) is 11.1. The molecule has 0 aliphatic carbocycles. The molecule has 1 amide bonds. The van der Waals surface area contributed by atoms with Gasteiger partial charge in [0, 0.05) is 31.9 Å². The summed E-state index contributed by atoms with van der Waals surface area (Å²) in [6.07, 6.45) is 0. The molecule has 4 rings (SSSR count). The molecule has 2 heterocycles. The van der Waals surface area contributed by atoms with Crippen LogP contribution in [0.15, 0.2) is 41.6 Å². The van der Waals surface area contributed by atoms with Gasteiger partial charge >= 0.3 is 0 Å². The van der Waals surface area contributed by atoms with E-state index in [4.69, 9.17) is 0 Å². The zero-order valence-corrected chi connectivity index (χ0v) is 20.4. The number of hydrogen-bond donors (Lipinski definition) is 0. The topological polar surface area (TPSA) is 54.3 Å². The normalized spacial score (nSPS) is 14.2. The summed E-state index contributed by atoms with van der Waals surface area (Å²) in [7, 11) is 0. The van der Waals surface area contributed by atoms with Crippen LogP contribution in [0.1, 0.15) is 28.1 Å². The van der Waals surface area contributed by atoms with Crippen molar-refractivity contribution in [3.05, 3.63) is 64.5 Å². The van der Waals surface area contributed by atoms with E-state index in [9.17, 15) is 4.79 Å². The number of carbonyl (C=O) groups is 1. The number of nitrogens with zero attached hydrogens (tertiary/aromatic N) is 5. The Hall–Kier alpha value is -2.80. The Morgan fingerprint density at radius 2 is 1.66 bits per heavy atom. The standard InChI is InChI=1S/C25H31N5OS/c1-17-9-10-19(3)23(15-17)30-21(5)26-27-25(30)32-16-24(31)29-13-11-28(12-14-29)22-8-6-7-18(2)20(22)4/h6-10,15H,11-14,16H2,1-5H3. The summed E-state index contributed by atoms with van der Waals surface area (Å²) in [5.41, 5.74) is 7.33. The molecule has 0 atom stereocenters. The minimum atomic E-state index is 0.156. The van der Waals surface area contributed by atoms with Gasteiger partial charge in [0.05, 0.1) is 11.4 Å². The van der Waals surface area contributed by atoms with Gasteiger partial charge in [0.25, 0.3) is 0 Å². The summed E-state index contributed by atoms with van der Waals surface area (Å²) in [4.78, 5) is 17.3. The lowest BCUT2D eigenvalue weighted by Gasteiger charge is -2.37. The molecular weight excluding hydrogens is 418 g/mol. The number of benzene rings is 2. The van der Waals surface area contributed by atoms with E-state index in [0.717, 1.165) is 48.4 Å². The van der Waals surface area contributed by atoms with E-state index in [1.165, 1.54) is 34.1 Å². The van der Waals surface area contributed by atoms with Gasteiger partial charge in [-0.25, -0.2) is 0 Å². The van der Waals surface area contributed by atoms with E-state index in [2.05, 4.69) is 83.8 Å². The van der Waals surface area contributed by atoms with Crippen LogP contribution in [-0.4, -0.2) is 57.5 Å². The zero-order chi connectivity index (χ0) is 22.8. The van der Waals surface area contributed by atoms with Gasteiger partial charge in [-0.1, -0.05) is 36.0 Å². The van der Waals surface area contributed by atoms with Crippen LogP contribution in [0.2, 0.25) is 0 Å². The Bertz CT molecular complexity index is 1130. The third-order valence-electron chi connectivity index (χ3n) is 6.27. The number of aryl methyl sites for hydroxylation is 4. The van der Waals surface area contributed by atoms with Crippen molar-refractivity contribution in [2.24, 2.45) is 0 Å². The Morgan fingerprint density at radius 3 is 2.41 bits per heavy atom. The number of rotatable bonds is 5. The minimum Gasteiger partial charge on any atom is -0.368 e. The molecule has 6 nitrogen and oxygen atoms in total. The van der Waals surface area contributed by atoms with Crippen LogP contribution in [0.4, 0.5) is 5.69 Å². The van der Waals surface area contributed by atoms with Crippen LogP contribution in [0.3, 0.4) is 0 Å². The molecule has 1 saturated heterocycles. The number of hydrogen-bond acceptors (Lipinski definition) is 5. The van der Waals surface area contributed by atoms with Gasteiger partial charge in [0.15, 0.2) is 5.16 Å². The van der Waals surface area contributed by atoms with Crippen molar-refractivity contribution in [2.45, 2.75) is 39.8 Å². The third kappa shape index (κ3) is 4.53. The summed E-state index contributed by atoms with van der Waals surface area (Å²) in [5, 5.41) is 9.38. The molecule has 1 fully saturated rings. The molecule has 1 aliphatic rings. The first-order valence-corrected chi connectivity index (χ1v) is 12.0. The molecule has 3 aromatic rings. The molecular formula is C25H31N5OS. The average Bonchev–Trinajstić information content (AvgIpc) is 3.16. The highest BCUT2D eigenvalue weighted by molar-refractivity contribution is 7.99. The van der Waals surface area contributed by atoms with Crippen molar-refractivity contribution in [1.82, 2.24) is 19.7 Å². The largest absolute Gasteiger partial charge is 0.368 e. The highest BCUT2D eigenvalue weighted by atomic mass is 32.2. The number of aromatic nitrogens is 3. The molecule has 1 aromatic heterocycles. The van der Waals surface area contributed by atoms with E-state index in [1.807, 2.05) is 11.8 Å². The van der Waals surface area contributed by atoms with E-state index >= 15 is 0 Å². The lowest BCUT2D eigenvalue weighted by molar-refractivity contribution is -0.128. The summed E-state index contributed by atoms with van der Waals surface area (Å²) >= 11 is 1.47. The highest BCUT2D eigenvalue weighted by Gasteiger charge is 2.23. The molecule has 32 heavy (non-hydrogen) atoms. The predicted molar refractivity (Wildman–Crippen MR) is 131 cm³/mol. The van der Waals surface area contributed by atoms with Crippen molar-refractivity contribution in [3.8, 4) is 5.69 Å². The van der Waals surface area contributed by atoms with Gasteiger partial charge in [-0.05, 0) is 69.0 Å². The van der Waals surface area contributed by atoms with Gasteiger partial charge in [0.1, 0.15) is 5.82 Å². The second kappa shape index (κ2) is 9.36. The van der Waals surface area contributed by atoms with Crippen molar-refractivity contribution >= 4 is 23.4 Å². The van der Waals surface area contributed by atoms with Crippen LogP contribution in [0.25, 0.3) is 5.69 Å². The molecule has 0 saturated carbocycles. The van der Waals surface area contributed by atoms with Gasteiger partial charge in [-0.15, -0.1) is 10.2 Å². The molecule has 0 spiro atoms. The summed E-state index contributed by atoms with van der Waals surface area (Å²) in [6.45, 7) is 13.6. The van der Waals surface area contributed by atoms with Crippen LogP contribution in [0.5, 0.6) is 0 Å². The van der Waals surface area contributed by atoms with Crippen molar-refractivity contribution < 1.29 is 4.79 Å². The van der Waals surface area contributed by atoms with Gasteiger partial charge < -0.3 is 9.80 Å². The lowest BCUT2D eigenvalue weighted by atomic mass is 10.1. The Labute approximate surface area is 194 Å². The van der Waals surface area contributed by atoms with Crippen molar-refractivity contribution in [2.75, 3.05) is 36.8 Å². The maximum absolute atomic E-state index is 12.9. The maximum atomic E-state index is 12.9. The van der Waals surface area contributed by atoms with Gasteiger partial charge in [-0.3, -0.25) is 9.36 Å². The zero-order valence-electron chi connectivity index (χ0n) is 19.6. The second-order valence-electron chi connectivity index (χ2n) is 8.53. The molecule has 0 bridgehead atoms. The fourth-order valence-electron chi connectivity index (χ4n) is 4.17. The monoisotopic (exact) mass is 449 g/mol. The third-order valence-corrected chi connectivity index (χ3v) is 7.19. The van der Waals surface area contributed by atoms with E-state index in [-0.39, 0.29) is 5.91 Å². The van der Waals surface area contributed by atoms with E-state index < -0.39 is 0 Å². The first-order chi connectivity index (χ1) is 15.3. The minimum absolute atomic E-state index is 0.156. The number of thioether (sulfide) groups is 1. The van der Waals surface area contributed by atoms with Gasteiger partial charge in [0.2, 0.25) is 5.91 Å². The SMILES string of the molecule is Cc1ccc(C)c(-n2c(C)nnc2SCC(=O)N2CCN(c3cccc(C)c3C)CC2)c1.